The molecule has 3 rings (SSSR count). The molecule has 1 heterocycles. The Bertz CT molecular complexity index is 793. The van der Waals surface area contributed by atoms with E-state index in [1.807, 2.05) is 43.3 Å². The first-order chi connectivity index (χ1) is 10.7. The molecule has 4 nitrogen and oxygen atoms in total. The molecule has 0 aliphatic heterocycles. The Hall–Kier alpha value is -2.24. The second-order valence-electron chi connectivity index (χ2n) is 5.00. The van der Waals surface area contributed by atoms with Crippen LogP contribution in [0.25, 0.3) is 20.8 Å². The molecule has 1 aromatic heterocycles. The number of nitrogens with one attached hydrogen (secondary N) is 1. The number of para-hydroxylation sites is 1. The first-order valence-corrected chi connectivity index (χ1v) is 7.74. The predicted octanol–water partition coefficient (Wildman–Crippen LogP) is 3.86. The van der Waals surface area contributed by atoms with E-state index in [1.54, 1.807) is 11.3 Å². The van der Waals surface area contributed by atoms with Crippen LogP contribution in [0.15, 0.2) is 42.5 Å². The van der Waals surface area contributed by atoms with Crippen LogP contribution in [0, 0.1) is 6.92 Å². The summed E-state index contributed by atoms with van der Waals surface area (Å²) in [7, 11) is 1.50. The number of nitrogens with zero attached hydrogens (tertiary/aromatic N) is 1. The molecule has 1 N–H and O–H groups in total. The first-order valence-electron chi connectivity index (χ1n) is 6.93. The van der Waals surface area contributed by atoms with Crippen molar-refractivity contribution in [3.63, 3.8) is 0 Å². The van der Waals surface area contributed by atoms with Gasteiger partial charge < -0.3 is 10.1 Å². The molecule has 0 saturated heterocycles. The first kappa shape index (κ1) is 14.7. The van der Waals surface area contributed by atoms with E-state index in [9.17, 15) is 4.79 Å². The normalized spacial score (nSPS) is 10.8. The molecular formula is C17H16N2O2S. The van der Waals surface area contributed by atoms with E-state index in [2.05, 4.69) is 16.4 Å². The Morgan fingerprint density at radius 1 is 1.27 bits per heavy atom. The largest absolute Gasteiger partial charge is 0.375 e. The summed E-state index contributed by atoms with van der Waals surface area (Å²) in [6.45, 7) is 2.08. The highest BCUT2D eigenvalue weighted by molar-refractivity contribution is 7.21. The van der Waals surface area contributed by atoms with Gasteiger partial charge in [-0.15, -0.1) is 11.3 Å². The smallest absolute Gasteiger partial charge is 0.250 e. The number of methoxy groups -OCH3 is 1. The molecule has 2 aromatic carbocycles. The average molecular weight is 312 g/mol. The van der Waals surface area contributed by atoms with Gasteiger partial charge in [-0.05, 0) is 42.8 Å². The number of carbonyl (C=O) groups is 1. The summed E-state index contributed by atoms with van der Waals surface area (Å²) < 4.78 is 5.99. The molecule has 0 radical (unpaired) electrons. The average Bonchev–Trinajstić information content (AvgIpc) is 2.91. The summed E-state index contributed by atoms with van der Waals surface area (Å²) in [5.41, 5.74) is 3.95. The van der Waals surface area contributed by atoms with Crippen LogP contribution in [0.5, 0.6) is 0 Å². The molecular weight excluding hydrogens is 296 g/mol. The second kappa shape index (κ2) is 6.25. The van der Waals surface area contributed by atoms with Crippen LogP contribution in [0.2, 0.25) is 0 Å². The number of amides is 1. The van der Waals surface area contributed by atoms with Crippen LogP contribution >= 0.6 is 11.3 Å². The van der Waals surface area contributed by atoms with Gasteiger partial charge in [0.2, 0.25) is 5.91 Å². The molecule has 3 aromatic rings. The van der Waals surface area contributed by atoms with Crippen molar-refractivity contribution in [3.05, 3.63) is 48.0 Å². The van der Waals surface area contributed by atoms with E-state index in [0.717, 1.165) is 27.3 Å². The highest BCUT2D eigenvalue weighted by Crippen LogP contribution is 2.32. The van der Waals surface area contributed by atoms with E-state index in [1.165, 1.54) is 11.8 Å². The van der Waals surface area contributed by atoms with E-state index >= 15 is 0 Å². The number of aryl methyl sites for hydroxylation is 1. The minimum atomic E-state index is -0.158. The number of thiazole rings is 1. The van der Waals surface area contributed by atoms with Crippen molar-refractivity contribution < 1.29 is 9.53 Å². The Kier molecular flexibility index (Phi) is 4.18. The zero-order valence-corrected chi connectivity index (χ0v) is 13.2. The van der Waals surface area contributed by atoms with Gasteiger partial charge in [0, 0.05) is 18.4 Å². The summed E-state index contributed by atoms with van der Waals surface area (Å²) in [6.07, 6.45) is 0. The van der Waals surface area contributed by atoms with Crippen molar-refractivity contribution in [2.45, 2.75) is 6.92 Å². The van der Waals surface area contributed by atoms with Crippen LogP contribution in [0.4, 0.5) is 5.69 Å². The van der Waals surface area contributed by atoms with Gasteiger partial charge in [-0.1, -0.05) is 12.1 Å². The van der Waals surface area contributed by atoms with Crippen molar-refractivity contribution in [3.8, 4) is 10.6 Å². The van der Waals surface area contributed by atoms with Gasteiger partial charge in [-0.2, -0.15) is 0 Å². The lowest BCUT2D eigenvalue weighted by molar-refractivity contribution is -0.119. The third-order valence-electron chi connectivity index (χ3n) is 3.31. The van der Waals surface area contributed by atoms with Gasteiger partial charge in [0.1, 0.15) is 11.6 Å². The molecule has 0 fully saturated rings. The maximum atomic E-state index is 11.5. The van der Waals surface area contributed by atoms with Crippen molar-refractivity contribution in [2.24, 2.45) is 0 Å². The van der Waals surface area contributed by atoms with Crippen molar-refractivity contribution in [1.29, 1.82) is 0 Å². The number of anilines is 1. The number of rotatable bonds is 4. The van der Waals surface area contributed by atoms with Crippen molar-refractivity contribution in [2.75, 3.05) is 19.0 Å². The zero-order chi connectivity index (χ0) is 15.5. The van der Waals surface area contributed by atoms with Crippen LogP contribution in [0.1, 0.15) is 5.56 Å². The van der Waals surface area contributed by atoms with Crippen LogP contribution in [-0.2, 0) is 9.53 Å². The Labute approximate surface area is 132 Å². The maximum absolute atomic E-state index is 11.5. The molecule has 0 aliphatic rings. The van der Waals surface area contributed by atoms with Gasteiger partial charge in [0.15, 0.2) is 0 Å². The number of aromatic nitrogens is 1. The molecule has 0 aliphatic carbocycles. The summed E-state index contributed by atoms with van der Waals surface area (Å²) in [4.78, 5) is 16.2. The lowest BCUT2D eigenvalue weighted by Crippen LogP contribution is -2.17. The summed E-state index contributed by atoms with van der Waals surface area (Å²) in [5, 5.41) is 3.80. The SMILES string of the molecule is COCC(=O)Nc1ccc(-c2nc3ccccc3s2)c(C)c1. The van der Waals surface area contributed by atoms with E-state index < -0.39 is 0 Å². The molecule has 0 spiro atoms. The highest BCUT2D eigenvalue weighted by atomic mass is 32.1. The van der Waals surface area contributed by atoms with Gasteiger partial charge in [0.05, 0.1) is 10.2 Å². The van der Waals surface area contributed by atoms with Crippen molar-refractivity contribution >= 4 is 33.1 Å². The summed E-state index contributed by atoms with van der Waals surface area (Å²) >= 11 is 1.67. The minimum absolute atomic E-state index is 0.0542. The fourth-order valence-corrected chi connectivity index (χ4v) is 3.35. The molecule has 0 unspecified atom stereocenters. The third kappa shape index (κ3) is 3.00. The monoisotopic (exact) mass is 312 g/mol. The topological polar surface area (TPSA) is 51.2 Å². The third-order valence-corrected chi connectivity index (χ3v) is 4.38. The number of hydrogen-bond donors (Lipinski definition) is 1. The molecule has 0 bridgehead atoms. The Balaban J connectivity index is 1.90. The summed E-state index contributed by atoms with van der Waals surface area (Å²) in [5.74, 6) is -0.158. The Morgan fingerprint density at radius 3 is 2.82 bits per heavy atom. The fraction of sp³-hybridized carbons (Fsp3) is 0.176. The van der Waals surface area contributed by atoms with Gasteiger partial charge in [-0.25, -0.2) is 4.98 Å². The highest BCUT2D eigenvalue weighted by Gasteiger charge is 2.10. The number of carbonyl (C=O) groups excluding carboxylic acids is 1. The van der Waals surface area contributed by atoms with Crippen LogP contribution < -0.4 is 5.32 Å². The number of fused-ring (bicyclic) bond motifs is 1. The second-order valence-corrected chi connectivity index (χ2v) is 6.03. The lowest BCUT2D eigenvalue weighted by Gasteiger charge is -2.08. The van der Waals surface area contributed by atoms with Crippen molar-refractivity contribution in [1.82, 2.24) is 4.98 Å². The molecule has 0 saturated carbocycles. The minimum Gasteiger partial charge on any atom is -0.375 e. The van der Waals surface area contributed by atoms with Gasteiger partial charge >= 0.3 is 0 Å². The maximum Gasteiger partial charge on any atom is 0.250 e. The quantitative estimate of drug-likeness (QED) is 0.796. The van der Waals surface area contributed by atoms with Crippen LogP contribution in [-0.4, -0.2) is 24.6 Å². The van der Waals surface area contributed by atoms with Gasteiger partial charge in [0.25, 0.3) is 0 Å². The van der Waals surface area contributed by atoms with E-state index in [4.69, 9.17) is 4.74 Å². The zero-order valence-electron chi connectivity index (χ0n) is 12.4. The Morgan fingerprint density at radius 2 is 2.09 bits per heavy atom. The molecule has 5 heteroatoms. The van der Waals surface area contributed by atoms with Crippen LogP contribution in [0.3, 0.4) is 0 Å². The fourth-order valence-electron chi connectivity index (χ4n) is 2.30. The molecule has 1 amide bonds. The van der Waals surface area contributed by atoms with Gasteiger partial charge in [-0.3, -0.25) is 4.79 Å². The summed E-state index contributed by atoms with van der Waals surface area (Å²) in [6, 6.07) is 13.9. The molecule has 0 atom stereocenters. The molecule has 22 heavy (non-hydrogen) atoms. The molecule has 112 valence electrons. The number of hydrogen-bond acceptors (Lipinski definition) is 4. The van der Waals surface area contributed by atoms with E-state index in [0.29, 0.717) is 0 Å². The predicted molar refractivity (Wildman–Crippen MR) is 90.3 cm³/mol. The number of benzene rings is 2. The standard InChI is InChI=1S/C17H16N2O2S/c1-11-9-12(18-16(20)10-21-2)7-8-13(11)17-19-14-5-3-4-6-15(14)22-17/h3-9H,10H2,1-2H3,(H,18,20). The lowest BCUT2D eigenvalue weighted by atomic mass is 10.1. The number of ether oxygens (including phenoxy) is 1. The van der Waals surface area contributed by atoms with E-state index in [-0.39, 0.29) is 12.5 Å².